The molecule has 2 aromatic heterocycles. The number of nitrogens with zero attached hydrogens (tertiary/aromatic N) is 3. The summed E-state index contributed by atoms with van der Waals surface area (Å²) in [5.74, 6) is 0.420. The van der Waals surface area contributed by atoms with Crippen LogP contribution >= 0.6 is 0 Å². The number of aliphatic hydroxyl groups is 2. The van der Waals surface area contributed by atoms with Crippen molar-refractivity contribution in [2.24, 2.45) is 0 Å². The third kappa shape index (κ3) is 7.12. The molecule has 0 saturated heterocycles. The summed E-state index contributed by atoms with van der Waals surface area (Å²) in [4.78, 5) is 8.64. The third-order valence-electron chi connectivity index (χ3n) is 5.96. The van der Waals surface area contributed by atoms with Gasteiger partial charge in [0.1, 0.15) is 41.8 Å². The Morgan fingerprint density at radius 1 is 1.11 bits per heavy atom. The first-order valence-electron chi connectivity index (χ1n) is 12.0. The van der Waals surface area contributed by atoms with E-state index >= 15 is 0 Å². The summed E-state index contributed by atoms with van der Waals surface area (Å²) in [6, 6.07) is 11.3. The molecule has 0 fully saturated rings. The number of aliphatic hydroxyl groups excluding tert-OH is 2. The lowest BCUT2D eigenvalue weighted by Crippen LogP contribution is -2.21. The minimum Gasteiger partial charge on any atom is -0.487 e. The lowest BCUT2D eigenvalue weighted by molar-refractivity contribution is 0.0927. The quantitative estimate of drug-likeness (QED) is 0.280. The van der Waals surface area contributed by atoms with Crippen LogP contribution in [0.25, 0.3) is 12.2 Å². The minimum absolute atomic E-state index is 0.167. The van der Waals surface area contributed by atoms with E-state index in [-0.39, 0.29) is 30.7 Å². The number of rotatable bonds is 12. The largest absolute Gasteiger partial charge is 0.487 e. The van der Waals surface area contributed by atoms with Crippen LogP contribution in [0.1, 0.15) is 47.9 Å². The smallest absolute Gasteiger partial charge is 0.218 e. The fourth-order valence-corrected chi connectivity index (χ4v) is 3.96. The molecule has 2 heterocycles. The van der Waals surface area contributed by atoms with E-state index in [1.54, 1.807) is 6.20 Å². The van der Waals surface area contributed by atoms with Gasteiger partial charge in [-0.05, 0) is 48.7 Å². The molecule has 0 spiro atoms. The molecule has 0 radical (unpaired) electrons. The van der Waals surface area contributed by atoms with Crippen molar-refractivity contribution in [1.29, 1.82) is 0 Å². The van der Waals surface area contributed by atoms with Crippen LogP contribution in [0.5, 0.6) is 5.75 Å². The Labute approximate surface area is 213 Å². The molecule has 9 heteroatoms. The van der Waals surface area contributed by atoms with Crippen LogP contribution in [-0.4, -0.2) is 37.5 Å². The lowest BCUT2D eigenvalue weighted by Gasteiger charge is -2.20. The summed E-state index contributed by atoms with van der Waals surface area (Å²) >= 11 is 0. The highest BCUT2D eigenvalue weighted by molar-refractivity contribution is 5.66. The van der Waals surface area contributed by atoms with Crippen molar-refractivity contribution in [2.45, 2.75) is 44.9 Å². The Morgan fingerprint density at radius 2 is 1.92 bits per heavy atom. The Hall–Kier alpha value is -3.82. The molecule has 0 aliphatic rings. The van der Waals surface area contributed by atoms with Gasteiger partial charge in [-0.3, -0.25) is 0 Å². The summed E-state index contributed by atoms with van der Waals surface area (Å²) in [5, 5.41) is 18.9. The highest BCUT2D eigenvalue weighted by atomic mass is 19.1. The van der Waals surface area contributed by atoms with Crippen molar-refractivity contribution >= 4 is 12.2 Å². The van der Waals surface area contributed by atoms with Crippen molar-refractivity contribution in [3.63, 3.8) is 0 Å². The predicted octanol–water partition coefficient (Wildman–Crippen LogP) is 4.99. The van der Waals surface area contributed by atoms with Crippen LogP contribution in [-0.2, 0) is 19.4 Å². The fourth-order valence-electron chi connectivity index (χ4n) is 3.96. The topological polar surface area (TPSA) is 93.5 Å². The minimum atomic E-state index is -0.829. The molecule has 2 N–H and O–H groups in total. The van der Waals surface area contributed by atoms with E-state index < -0.39 is 17.7 Å². The first kappa shape index (κ1) is 26.2. The number of aromatic nitrogens is 3. The zero-order valence-electron chi connectivity index (χ0n) is 20.4. The van der Waals surface area contributed by atoms with Crippen LogP contribution in [0.2, 0.25) is 0 Å². The van der Waals surface area contributed by atoms with Gasteiger partial charge in [-0.1, -0.05) is 19.1 Å². The van der Waals surface area contributed by atoms with Crippen molar-refractivity contribution < 1.29 is 28.1 Å². The molecule has 37 heavy (non-hydrogen) atoms. The van der Waals surface area contributed by atoms with E-state index in [9.17, 15) is 13.9 Å². The monoisotopic (exact) mass is 509 g/mol. The molecule has 2 atom stereocenters. The van der Waals surface area contributed by atoms with E-state index in [2.05, 4.69) is 21.5 Å². The third-order valence-corrected chi connectivity index (χ3v) is 5.96. The fraction of sp³-hybridized carbons (Fsp3) is 0.286. The molecule has 2 aromatic carbocycles. The zero-order chi connectivity index (χ0) is 26.2. The van der Waals surface area contributed by atoms with Gasteiger partial charge in [-0.2, -0.15) is 0 Å². The summed E-state index contributed by atoms with van der Waals surface area (Å²) in [6.45, 7) is 2.00. The molecule has 0 aliphatic heterocycles. The molecule has 1 unspecified atom stereocenters. The number of hydrogen-bond acceptors (Lipinski definition) is 6. The summed E-state index contributed by atoms with van der Waals surface area (Å²) in [7, 11) is 0. The van der Waals surface area contributed by atoms with Crippen molar-refractivity contribution in [1.82, 2.24) is 14.5 Å². The van der Waals surface area contributed by atoms with Crippen LogP contribution in [0.3, 0.4) is 0 Å². The molecule has 194 valence electrons. The highest BCUT2D eigenvalue weighted by Gasteiger charge is 2.16. The zero-order valence-corrected chi connectivity index (χ0v) is 20.4. The summed E-state index contributed by atoms with van der Waals surface area (Å²) in [5.41, 5.74) is 1.94. The molecule has 0 aliphatic carbocycles. The van der Waals surface area contributed by atoms with Gasteiger partial charge in [0, 0.05) is 42.6 Å². The summed E-state index contributed by atoms with van der Waals surface area (Å²) in [6.07, 6.45) is 9.20. The number of imidazole rings is 1. The maximum Gasteiger partial charge on any atom is 0.218 e. The second-order valence-electron chi connectivity index (χ2n) is 8.67. The molecule has 7 nitrogen and oxygen atoms in total. The van der Waals surface area contributed by atoms with Crippen LogP contribution in [0, 0.1) is 11.6 Å². The highest BCUT2D eigenvalue weighted by Crippen LogP contribution is 2.23. The van der Waals surface area contributed by atoms with Crippen molar-refractivity contribution in [2.75, 3.05) is 6.61 Å². The Morgan fingerprint density at radius 3 is 2.65 bits per heavy atom. The molecule has 0 bridgehead atoms. The Kier molecular flexibility index (Phi) is 8.81. The van der Waals surface area contributed by atoms with Gasteiger partial charge in [-0.25, -0.2) is 18.7 Å². The normalized spacial score (nSPS) is 13.2. The number of halogens is 2. The average molecular weight is 510 g/mol. The number of hydrogen-bond donors (Lipinski definition) is 2. The van der Waals surface area contributed by atoms with Gasteiger partial charge in [0.2, 0.25) is 5.89 Å². The SMILES string of the molecule is CCC(Cc1ccc(OCc2coc(C=Cc3ccc(F)cc3F)n2)cc1)n1ccnc1C[C@@H](O)CO. The van der Waals surface area contributed by atoms with Crippen LogP contribution in [0.15, 0.2) is 65.5 Å². The molecular formula is C28H29F2N3O4. The van der Waals surface area contributed by atoms with Gasteiger partial charge in [-0.15, -0.1) is 0 Å². The van der Waals surface area contributed by atoms with E-state index in [0.29, 0.717) is 17.9 Å². The molecule has 0 saturated carbocycles. The van der Waals surface area contributed by atoms with Gasteiger partial charge in [0.25, 0.3) is 0 Å². The van der Waals surface area contributed by atoms with Crippen molar-refractivity contribution in [3.8, 4) is 5.75 Å². The standard InChI is InChI=1S/C28H29F2N3O4/c1-2-23(33-12-11-31-27(33)15-24(35)16-34)13-19-3-8-25(9-4-19)36-17-22-18-37-28(32-22)10-6-20-5-7-21(29)14-26(20)30/h3-12,14,18,23-24,34-35H,2,13,15-17H2,1H3/t23?,24-/m1/s1. The van der Waals surface area contributed by atoms with Crippen LogP contribution < -0.4 is 4.74 Å². The lowest BCUT2D eigenvalue weighted by atomic mass is 10.0. The number of benzene rings is 2. The van der Waals surface area contributed by atoms with Gasteiger partial charge in [0.05, 0.1) is 12.7 Å². The Balaban J connectivity index is 1.32. The van der Waals surface area contributed by atoms with E-state index in [0.717, 1.165) is 30.3 Å². The first-order chi connectivity index (χ1) is 17.9. The number of ether oxygens (including phenoxy) is 1. The van der Waals surface area contributed by atoms with E-state index in [4.69, 9.17) is 14.3 Å². The molecule has 4 aromatic rings. The van der Waals surface area contributed by atoms with E-state index in [1.807, 2.05) is 30.5 Å². The first-order valence-corrected chi connectivity index (χ1v) is 12.0. The molecule has 0 amide bonds. The van der Waals surface area contributed by atoms with Crippen LogP contribution in [0.4, 0.5) is 8.78 Å². The van der Waals surface area contributed by atoms with Gasteiger partial charge < -0.3 is 23.9 Å². The molecular weight excluding hydrogens is 480 g/mol. The maximum absolute atomic E-state index is 13.7. The Bertz CT molecular complexity index is 1320. The second kappa shape index (κ2) is 12.4. The van der Waals surface area contributed by atoms with E-state index in [1.165, 1.54) is 30.5 Å². The summed E-state index contributed by atoms with van der Waals surface area (Å²) < 4.78 is 40.0. The maximum atomic E-state index is 13.7. The number of oxazole rings is 1. The van der Waals surface area contributed by atoms with Crippen molar-refractivity contribution in [3.05, 3.63) is 101 Å². The van der Waals surface area contributed by atoms with Gasteiger partial charge >= 0.3 is 0 Å². The second-order valence-corrected chi connectivity index (χ2v) is 8.67. The van der Waals surface area contributed by atoms with Gasteiger partial charge in [0.15, 0.2) is 0 Å². The average Bonchev–Trinajstić information content (AvgIpc) is 3.55. The predicted molar refractivity (Wildman–Crippen MR) is 135 cm³/mol. The molecule has 4 rings (SSSR count).